The molecule has 0 aliphatic heterocycles. The van der Waals surface area contributed by atoms with Crippen LogP contribution in [0, 0.1) is 45.8 Å². The molecule has 0 spiro atoms. The van der Waals surface area contributed by atoms with Crippen molar-refractivity contribution in [3.05, 3.63) is 48.6 Å². The lowest BCUT2D eigenvalue weighted by Gasteiger charge is -2.59. The van der Waals surface area contributed by atoms with Gasteiger partial charge in [0.2, 0.25) is 5.91 Å². The molecule has 244 valence electrons. The fourth-order valence-corrected chi connectivity index (χ4v) is 9.56. The Labute approximate surface area is 267 Å². The highest BCUT2D eigenvalue weighted by molar-refractivity contribution is 5.84. The molecule has 11 atom stereocenters. The summed E-state index contributed by atoms with van der Waals surface area (Å²) in [5.41, 5.74) is 0.358. The van der Waals surface area contributed by atoms with Crippen LogP contribution in [0.5, 0.6) is 0 Å². The van der Waals surface area contributed by atoms with Crippen molar-refractivity contribution in [2.75, 3.05) is 14.1 Å². The molecule has 6 nitrogen and oxygen atoms in total. The average Bonchev–Trinajstić information content (AvgIpc) is 3.20. The number of carbonyl (C=O) groups excluding carboxylic acids is 2. The maximum atomic E-state index is 14.2. The van der Waals surface area contributed by atoms with E-state index in [1.54, 1.807) is 0 Å². The molecule has 2 N–H and O–H groups in total. The molecule has 0 heterocycles. The Kier molecular flexibility index (Phi) is 10.7. The zero-order valence-corrected chi connectivity index (χ0v) is 28.7. The lowest BCUT2D eigenvalue weighted by Crippen LogP contribution is -2.59. The highest BCUT2D eigenvalue weighted by atomic mass is 16.3. The Hall–Kier alpha value is -2.31. The van der Waals surface area contributed by atoms with Crippen LogP contribution in [0.1, 0.15) is 92.1 Å². The average molecular weight is 606 g/mol. The van der Waals surface area contributed by atoms with E-state index in [9.17, 15) is 14.7 Å². The number of hydrogen-bond donors (Lipinski definition) is 2. The molecule has 6 heteroatoms. The number of amides is 1. The molecule has 0 radical (unpaired) electrons. The van der Waals surface area contributed by atoms with Crippen LogP contribution in [0.15, 0.2) is 48.0 Å². The number of carbonyl (C=O) groups is 2. The third kappa shape index (κ3) is 6.23. The van der Waals surface area contributed by atoms with Crippen molar-refractivity contribution in [3.63, 3.8) is 0 Å². The first-order valence-corrected chi connectivity index (χ1v) is 17.1. The van der Waals surface area contributed by atoms with Gasteiger partial charge in [0.1, 0.15) is 5.78 Å². The highest BCUT2D eigenvalue weighted by Gasteiger charge is 2.68. The Morgan fingerprint density at radius 1 is 1.20 bits per heavy atom. The fourth-order valence-electron chi connectivity index (χ4n) is 9.56. The predicted molar refractivity (Wildman–Crippen MR) is 180 cm³/mol. The third-order valence-corrected chi connectivity index (χ3v) is 12.9. The quantitative estimate of drug-likeness (QED) is 0.205. The third-order valence-electron chi connectivity index (χ3n) is 12.9. The largest absolute Gasteiger partial charge is 0.393 e. The second-order valence-corrected chi connectivity index (χ2v) is 15.4. The van der Waals surface area contributed by atoms with Crippen molar-refractivity contribution < 1.29 is 14.7 Å². The van der Waals surface area contributed by atoms with Gasteiger partial charge in [-0.15, -0.1) is 6.58 Å². The minimum atomic E-state index is -0.448. The number of nitrogens with zero attached hydrogens (tertiary/aromatic N) is 2. The van der Waals surface area contributed by atoms with Gasteiger partial charge in [0.05, 0.1) is 12.6 Å². The highest BCUT2D eigenvalue weighted by Crippen LogP contribution is 2.69. The maximum absolute atomic E-state index is 14.2. The van der Waals surface area contributed by atoms with Crippen LogP contribution < -0.4 is 5.32 Å². The van der Waals surface area contributed by atoms with Gasteiger partial charge in [-0.3, -0.25) is 14.6 Å². The summed E-state index contributed by atoms with van der Waals surface area (Å²) in [7, 11) is 4.16. The second kappa shape index (κ2) is 13.6. The number of aliphatic imine (C=N–C) groups is 1. The van der Waals surface area contributed by atoms with Gasteiger partial charge in [-0.25, -0.2) is 0 Å². The van der Waals surface area contributed by atoms with Gasteiger partial charge in [-0.2, -0.15) is 0 Å². The molecule has 0 saturated heterocycles. The van der Waals surface area contributed by atoms with E-state index >= 15 is 0 Å². The first kappa shape index (κ1) is 34.6. The molecule has 0 aromatic heterocycles. The zero-order valence-electron chi connectivity index (χ0n) is 28.7. The van der Waals surface area contributed by atoms with Crippen LogP contribution in [-0.4, -0.2) is 60.2 Å². The summed E-state index contributed by atoms with van der Waals surface area (Å²) in [6.45, 7) is 17.8. The molecule has 1 unspecified atom stereocenters. The topological polar surface area (TPSA) is 82.0 Å². The zero-order chi connectivity index (χ0) is 32.4. The Balaban J connectivity index is 1.67. The molecule has 3 aliphatic carbocycles. The summed E-state index contributed by atoms with van der Waals surface area (Å²) in [5, 5.41) is 14.9. The minimum Gasteiger partial charge on any atom is -0.393 e. The molecule has 0 bridgehead atoms. The Morgan fingerprint density at radius 3 is 2.50 bits per heavy atom. The van der Waals surface area contributed by atoms with Crippen molar-refractivity contribution >= 4 is 17.9 Å². The van der Waals surface area contributed by atoms with E-state index in [4.69, 9.17) is 4.99 Å². The van der Waals surface area contributed by atoms with E-state index in [0.29, 0.717) is 25.2 Å². The van der Waals surface area contributed by atoms with Crippen LogP contribution in [0.2, 0.25) is 0 Å². The van der Waals surface area contributed by atoms with Crippen LogP contribution in [0.25, 0.3) is 0 Å². The van der Waals surface area contributed by atoms with E-state index in [1.807, 2.05) is 38.1 Å². The van der Waals surface area contributed by atoms with Gasteiger partial charge in [-0.1, -0.05) is 71.0 Å². The van der Waals surface area contributed by atoms with E-state index in [2.05, 4.69) is 76.9 Å². The van der Waals surface area contributed by atoms with Crippen LogP contribution in [-0.2, 0) is 16.1 Å². The normalized spacial score (nSPS) is 35.4. The second-order valence-electron chi connectivity index (χ2n) is 15.4. The van der Waals surface area contributed by atoms with E-state index in [0.717, 1.165) is 37.7 Å². The number of aliphatic hydroxyl groups excluding tert-OH is 1. The van der Waals surface area contributed by atoms with E-state index in [-0.39, 0.29) is 58.4 Å². The van der Waals surface area contributed by atoms with Gasteiger partial charge in [0.25, 0.3) is 0 Å². The lowest BCUT2D eigenvalue weighted by atomic mass is 9.45. The molecule has 1 aromatic carbocycles. The Morgan fingerprint density at radius 2 is 1.89 bits per heavy atom. The van der Waals surface area contributed by atoms with Gasteiger partial charge in [0.15, 0.2) is 0 Å². The molecule has 1 aromatic rings. The molecular formula is C38H59N3O3. The summed E-state index contributed by atoms with van der Waals surface area (Å²) < 4.78 is 0. The molecule has 44 heavy (non-hydrogen) atoms. The molecular weight excluding hydrogens is 546 g/mol. The monoisotopic (exact) mass is 605 g/mol. The molecule has 3 aliphatic rings. The van der Waals surface area contributed by atoms with Crippen molar-refractivity contribution in [3.8, 4) is 0 Å². The van der Waals surface area contributed by atoms with Crippen LogP contribution in [0.4, 0.5) is 0 Å². The van der Waals surface area contributed by atoms with Gasteiger partial charge in [0, 0.05) is 47.9 Å². The summed E-state index contributed by atoms with van der Waals surface area (Å²) >= 11 is 0. The first-order valence-electron chi connectivity index (χ1n) is 17.1. The molecule has 1 amide bonds. The number of nitrogens with one attached hydrogen (secondary N) is 1. The minimum absolute atomic E-state index is 0.0380. The molecule has 4 rings (SSSR count). The van der Waals surface area contributed by atoms with Crippen molar-refractivity contribution in [2.45, 2.75) is 111 Å². The number of rotatable bonds is 12. The first-order chi connectivity index (χ1) is 20.7. The van der Waals surface area contributed by atoms with Crippen molar-refractivity contribution in [1.82, 2.24) is 10.2 Å². The summed E-state index contributed by atoms with van der Waals surface area (Å²) in [6, 6.07) is 10.3. The van der Waals surface area contributed by atoms with E-state index in [1.165, 1.54) is 0 Å². The van der Waals surface area contributed by atoms with Crippen molar-refractivity contribution in [1.29, 1.82) is 0 Å². The maximum Gasteiger partial charge on any atom is 0.223 e. The van der Waals surface area contributed by atoms with Gasteiger partial charge in [-0.05, 0) is 87.8 Å². The fraction of sp³-hybridized carbons (Fsp3) is 0.711. The smallest absolute Gasteiger partial charge is 0.223 e. The number of benzene rings is 1. The number of hydrogen-bond acceptors (Lipinski definition) is 5. The van der Waals surface area contributed by atoms with Gasteiger partial charge < -0.3 is 15.3 Å². The number of fused-ring (bicyclic) bond motifs is 3. The number of aliphatic hydroxyl groups is 1. The molecule has 3 fully saturated rings. The SMILES string of the molecule is C=CC[C@H](NC(=O)[C@@H](C)CC)[C@@](C)(C=NCc1ccccc1)[C@@H]1CC[C@@H]2C(C1)C(=O)C[C@]1(C)[C@@H]([C@H](C)N(C)C)[C@H](O)C[C@@]21C. The summed E-state index contributed by atoms with van der Waals surface area (Å²) in [5.74, 6) is 0.804. The summed E-state index contributed by atoms with van der Waals surface area (Å²) in [6.07, 6.45) is 9.00. The van der Waals surface area contributed by atoms with E-state index < -0.39 is 11.5 Å². The molecule has 3 saturated carbocycles. The Bertz CT molecular complexity index is 1200. The lowest BCUT2D eigenvalue weighted by molar-refractivity contribution is -0.154. The standard InChI is InChI=1S/C38H59N3O3/c1-10-15-33(40-35(44)25(3)11-2)36(5,24-39-23-27-16-13-12-14-17-27)28-18-19-30-29(20-28)31(42)21-38(7)34(26(4)41(8)9)32(43)22-37(30,38)6/h10,12-14,16-17,24-26,28-30,32-34,43H,1,11,15,18-23H2,2-9H3,(H,40,44)/t25-,26-,28+,29?,30+,32+,33-,34-,36-,37-,38+/m0/s1. The van der Waals surface area contributed by atoms with Crippen LogP contribution in [0.3, 0.4) is 0 Å². The predicted octanol–water partition coefficient (Wildman–Crippen LogP) is 6.72. The van der Waals surface area contributed by atoms with Crippen LogP contribution >= 0.6 is 0 Å². The van der Waals surface area contributed by atoms with Gasteiger partial charge >= 0.3 is 0 Å². The number of ketones is 1. The number of Topliss-reactive ketones (excluding diaryl/α,β-unsaturated/α-hetero) is 1. The summed E-state index contributed by atoms with van der Waals surface area (Å²) in [4.78, 5) is 34.7. The van der Waals surface area contributed by atoms with Crippen molar-refractivity contribution in [2.24, 2.45) is 50.8 Å².